The number of ether oxygens (including phenoxy) is 1. The van der Waals surface area contributed by atoms with Crippen LogP contribution in [0.3, 0.4) is 0 Å². The highest BCUT2D eigenvalue weighted by Gasteiger charge is 2.48. The van der Waals surface area contributed by atoms with E-state index in [4.69, 9.17) is 5.73 Å². The third-order valence-corrected chi connectivity index (χ3v) is 4.50. The number of halogens is 2. The van der Waals surface area contributed by atoms with E-state index in [0.29, 0.717) is 11.1 Å². The average Bonchev–Trinajstić information content (AvgIpc) is 2.92. The van der Waals surface area contributed by atoms with Crippen molar-refractivity contribution < 1.29 is 23.1 Å². The standard InChI is InChI=1S/C18H18F2N6O3/c1-10-5-12(3-4-13(10)29-16(19)20)18(15(28)26(2)17(21)25-18)8-24-14(27)11-6-22-9-23-7-11/h3-7,9,16H,8H2,1-2H3,(H2,21,25)(H,24,27). The number of nitrogens with zero attached hydrogens (tertiary/aromatic N) is 4. The summed E-state index contributed by atoms with van der Waals surface area (Å²) in [5.41, 5.74) is 5.24. The van der Waals surface area contributed by atoms with Crippen molar-refractivity contribution in [3.63, 3.8) is 0 Å². The van der Waals surface area contributed by atoms with Crippen molar-refractivity contribution in [3.8, 4) is 5.75 Å². The number of hydrogen-bond acceptors (Lipinski definition) is 7. The van der Waals surface area contributed by atoms with Gasteiger partial charge >= 0.3 is 6.61 Å². The predicted octanol–water partition coefficient (Wildman–Crippen LogP) is 0.798. The zero-order valence-corrected chi connectivity index (χ0v) is 15.6. The molecule has 0 spiro atoms. The lowest BCUT2D eigenvalue weighted by atomic mass is 9.88. The largest absolute Gasteiger partial charge is 0.435 e. The van der Waals surface area contributed by atoms with Crippen LogP contribution in [0, 0.1) is 6.92 Å². The Morgan fingerprint density at radius 2 is 2.03 bits per heavy atom. The van der Waals surface area contributed by atoms with Crippen molar-refractivity contribution in [2.24, 2.45) is 10.7 Å². The van der Waals surface area contributed by atoms with Crippen molar-refractivity contribution in [1.82, 2.24) is 20.2 Å². The Kier molecular flexibility index (Phi) is 5.39. The fourth-order valence-corrected chi connectivity index (χ4v) is 2.97. The van der Waals surface area contributed by atoms with E-state index in [0.717, 1.165) is 4.90 Å². The number of hydrogen-bond donors (Lipinski definition) is 2. The lowest BCUT2D eigenvalue weighted by Crippen LogP contribution is -2.47. The molecule has 0 bridgehead atoms. The molecule has 3 N–H and O–H groups in total. The second-order valence-corrected chi connectivity index (χ2v) is 6.36. The summed E-state index contributed by atoms with van der Waals surface area (Å²) in [7, 11) is 1.46. The van der Waals surface area contributed by atoms with Gasteiger partial charge < -0.3 is 15.8 Å². The van der Waals surface area contributed by atoms with Gasteiger partial charge in [0.2, 0.25) is 0 Å². The Balaban J connectivity index is 1.95. The molecule has 152 valence electrons. The second kappa shape index (κ2) is 7.78. The number of carbonyl (C=O) groups excluding carboxylic acids is 2. The summed E-state index contributed by atoms with van der Waals surface area (Å²) in [6.45, 7) is -1.63. The van der Waals surface area contributed by atoms with Crippen LogP contribution in [0.15, 0.2) is 41.9 Å². The molecule has 3 rings (SSSR count). The summed E-state index contributed by atoms with van der Waals surface area (Å²) in [4.78, 5) is 38.4. The fraction of sp³-hybridized carbons (Fsp3) is 0.278. The van der Waals surface area contributed by atoms with Crippen molar-refractivity contribution in [1.29, 1.82) is 0 Å². The third-order valence-electron chi connectivity index (χ3n) is 4.50. The smallest absolute Gasteiger partial charge is 0.387 e. The molecule has 0 saturated heterocycles. The van der Waals surface area contributed by atoms with Gasteiger partial charge in [0.15, 0.2) is 11.5 Å². The van der Waals surface area contributed by atoms with Crippen molar-refractivity contribution >= 4 is 17.8 Å². The number of aromatic nitrogens is 2. The molecule has 0 radical (unpaired) electrons. The lowest BCUT2D eigenvalue weighted by Gasteiger charge is -2.26. The highest BCUT2D eigenvalue weighted by atomic mass is 19.3. The minimum absolute atomic E-state index is 0.0277. The molecule has 1 aromatic carbocycles. The van der Waals surface area contributed by atoms with Gasteiger partial charge in [0.1, 0.15) is 12.1 Å². The molecule has 0 fully saturated rings. The second-order valence-electron chi connectivity index (χ2n) is 6.36. The monoisotopic (exact) mass is 404 g/mol. The van der Waals surface area contributed by atoms with Crippen molar-refractivity contribution in [2.45, 2.75) is 19.1 Å². The highest BCUT2D eigenvalue weighted by molar-refractivity contribution is 6.07. The van der Waals surface area contributed by atoms with Crippen LogP contribution in [-0.2, 0) is 10.3 Å². The van der Waals surface area contributed by atoms with E-state index in [1.54, 1.807) is 6.92 Å². The van der Waals surface area contributed by atoms with Gasteiger partial charge in [-0.3, -0.25) is 14.5 Å². The zero-order chi connectivity index (χ0) is 21.2. The average molecular weight is 404 g/mol. The van der Waals surface area contributed by atoms with Crippen LogP contribution >= 0.6 is 0 Å². The maximum absolute atomic E-state index is 13.0. The molecular weight excluding hydrogens is 386 g/mol. The number of carbonyl (C=O) groups is 2. The van der Waals surface area contributed by atoms with E-state index in [-0.39, 0.29) is 23.8 Å². The molecule has 0 saturated carbocycles. The minimum Gasteiger partial charge on any atom is -0.435 e. The van der Waals surface area contributed by atoms with Crippen LogP contribution in [0.4, 0.5) is 8.78 Å². The molecule has 29 heavy (non-hydrogen) atoms. The Labute approximate surface area is 164 Å². The Bertz CT molecular complexity index is 969. The molecule has 2 heterocycles. The zero-order valence-electron chi connectivity index (χ0n) is 15.6. The van der Waals surface area contributed by atoms with E-state index in [9.17, 15) is 18.4 Å². The number of nitrogens with one attached hydrogen (secondary N) is 1. The normalized spacial score (nSPS) is 18.7. The van der Waals surface area contributed by atoms with Crippen LogP contribution in [0.2, 0.25) is 0 Å². The maximum Gasteiger partial charge on any atom is 0.387 e. The molecule has 9 nitrogen and oxygen atoms in total. The van der Waals surface area contributed by atoms with Gasteiger partial charge in [0, 0.05) is 19.4 Å². The summed E-state index contributed by atoms with van der Waals surface area (Å²) in [6, 6.07) is 4.27. The number of rotatable bonds is 6. The first kappa shape index (κ1) is 20.1. The van der Waals surface area contributed by atoms with Crippen LogP contribution in [0.25, 0.3) is 0 Å². The van der Waals surface area contributed by atoms with Crippen LogP contribution < -0.4 is 15.8 Å². The molecule has 1 aliphatic heterocycles. The molecule has 1 unspecified atom stereocenters. The SMILES string of the molecule is Cc1cc(C2(CNC(=O)c3cncnc3)N=C(N)N(C)C2=O)ccc1OC(F)F. The maximum atomic E-state index is 13.0. The number of likely N-dealkylation sites (N-methyl/N-ethyl adjacent to an activating group) is 1. The van der Waals surface area contributed by atoms with Gasteiger partial charge in [0.05, 0.1) is 12.1 Å². The minimum atomic E-state index is -2.98. The van der Waals surface area contributed by atoms with E-state index >= 15 is 0 Å². The summed E-state index contributed by atoms with van der Waals surface area (Å²) >= 11 is 0. The van der Waals surface area contributed by atoms with Gasteiger partial charge in [-0.1, -0.05) is 6.07 Å². The van der Waals surface area contributed by atoms with E-state index in [1.165, 1.54) is 44.0 Å². The van der Waals surface area contributed by atoms with Gasteiger partial charge in [-0.2, -0.15) is 8.78 Å². The van der Waals surface area contributed by atoms with E-state index in [1.807, 2.05) is 0 Å². The fourth-order valence-electron chi connectivity index (χ4n) is 2.97. The molecule has 1 aliphatic rings. The van der Waals surface area contributed by atoms with Crippen LogP contribution in [-0.4, -0.2) is 52.8 Å². The molecule has 11 heteroatoms. The summed E-state index contributed by atoms with van der Waals surface area (Å²) in [5, 5.41) is 2.64. The number of aryl methyl sites for hydroxylation is 1. The quantitative estimate of drug-likeness (QED) is 0.734. The van der Waals surface area contributed by atoms with Crippen LogP contribution in [0.5, 0.6) is 5.75 Å². The molecule has 0 aliphatic carbocycles. The third kappa shape index (κ3) is 3.84. The van der Waals surface area contributed by atoms with Gasteiger partial charge in [-0.05, 0) is 30.2 Å². The summed E-state index contributed by atoms with van der Waals surface area (Å²) in [6.07, 6.45) is 3.94. The number of aliphatic imine (C=N–C) groups is 1. The molecular formula is C18H18F2N6O3. The van der Waals surface area contributed by atoms with Gasteiger partial charge in [-0.15, -0.1) is 0 Å². The molecule has 2 aromatic rings. The molecule has 1 atom stereocenters. The highest BCUT2D eigenvalue weighted by Crippen LogP contribution is 2.35. The summed E-state index contributed by atoms with van der Waals surface area (Å²) < 4.78 is 29.5. The lowest BCUT2D eigenvalue weighted by molar-refractivity contribution is -0.130. The topological polar surface area (TPSA) is 123 Å². The first-order chi connectivity index (χ1) is 13.7. The Morgan fingerprint density at radius 1 is 1.34 bits per heavy atom. The number of benzene rings is 1. The predicted molar refractivity (Wildman–Crippen MR) is 98.2 cm³/mol. The Morgan fingerprint density at radius 3 is 2.59 bits per heavy atom. The number of nitrogens with two attached hydrogens (primary N) is 1. The summed E-state index contributed by atoms with van der Waals surface area (Å²) in [5.74, 6) is -1.03. The van der Waals surface area contributed by atoms with E-state index < -0.39 is 24.0 Å². The van der Waals surface area contributed by atoms with E-state index in [2.05, 4.69) is 25.0 Å². The van der Waals surface area contributed by atoms with Crippen LogP contribution in [0.1, 0.15) is 21.5 Å². The molecule has 1 aromatic heterocycles. The number of amides is 2. The first-order valence-electron chi connectivity index (χ1n) is 8.47. The molecule has 2 amide bonds. The van der Waals surface area contributed by atoms with Gasteiger partial charge in [-0.25, -0.2) is 15.0 Å². The van der Waals surface area contributed by atoms with Gasteiger partial charge in [0.25, 0.3) is 11.8 Å². The van der Waals surface area contributed by atoms with Crippen molar-refractivity contribution in [2.75, 3.05) is 13.6 Å². The van der Waals surface area contributed by atoms with Crippen molar-refractivity contribution in [3.05, 3.63) is 53.6 Å². The number of guanidine groups is 1. The first-order valence-corrected chi connectivity index (χ1v) is 8.47. The number of alkyl halides is 2. The Hall–Kier alpha value is -3.63.